The maximum Gasteiger partial charge on any atom is 0.127 e. The average Bonchev–Trinajstić information content (AvgIpc) is 2.66. The number of nitrogens with zero attached hydrogens (tertiary/aromatic N) is 1. The molecule has 0 bridgehead atoms. The van der Waals surface area contributed by atoms with Gasteiger partial charge in [0.1, 0.15) is 6.04 Å². The van der Waals surface area contributed by atoms with Crippen LogP contribution < -0.4 is 10.6 Å². The molecular weight excluding hydrogens is 302 g/mol. The molecule has 0 aromatic heterocycles. The van der Waals surface area contributed by atoms with Crippen LogP contribution in [0.5, 0.6) is 0 Å². The molecule has 24 heavy (non-hydrogen) atoms. The molecular formula is C19H23N3O2. The molecule has 0 amide bonds. The monoisotopic (exact) mass is 325 g/mol. The zero-order chi connectivity index (χ0) is 16.6. The summed E-state index contributed by atoms with van der Waals surface area (Å²) < 4.78 is 5.68. The molecule has 0 spiro atoms. The third kappa shape index (κ3) is 4.47. The molecule has 5 nitrogen and oxygen atoms in total. The van der Waals surface area contributed by atoms with E-state index in [9.17, 15) is 4.91 Å². The first-order chi connectivity index (χ1) is 11.9. The van der Waals surface area contributed by atoms with Crippen molar-refractivity contribution in [2.75, 3.05) is 13.2 Å². The lowest BCUT2D eigenvalue weighted by Gasteiger charge is -2.35. The fraction of sp³-hybridized carbons (Fsp3) is 0.368. The molecule has 126 valence electrons. The smallest absolute Gasteiger partial charge is 0.127 e. The third-order valence-corrected chi connectivity index (χ3v) is 4.36. The van der Waals surface area contributed by atoms with Crippen molar-refractivity contribution in [3.8, 4) is 0 Å². The number of nitroso groups, excluding NO2 is 1. The normalized spacial score (nSPS) is 23.8. The van der Waals surface area contributed by atoms with Crippen molar-refractivity contribution < 1.29 is 4.74 Å². The molecule has 2 aromatic carbocycles. The largest absolute Gasteiger partial charge is 0.378 e. The zero-order valence-electron chi connectivity index (χ0n) is 13.6. The molecule has 1 fully saturated rings. The minimum Gasteiger partial charge on any atom is -0.378 e. The highest BCUT2D eigenvalue weighted by Crippen LogP contribution is 2.14. The molecule has 3 atom stereocenters. The van der Waals surface area contributed by atoms with Gasteiger partial charge in [0, 0.05) is 13.1 Å². The van der Waals surface area contributed by atoms with Gasteiger partial charge >= 0.3 is 0 Å². The first kappa shape index (κ1) is 16.8. The third-order valence-electron chi connectivity index (χ3n) is 4.36. The van der Waals surface area contributed by atoms with Gasteiger partial charge < -0.3 is 15.4 Å². The highest BCUT2D eigenvalue weighted by molar-refractivity contribution is 5.16. The summed E-state index contributed by atoms with van der Waals surface area (Å²) in [5, 5.41) is 10.2. The van der Waals surface area contributed by atoms with Crippen molar-refractivity contribution in [1.29, 1.82) is 0 Å². The summed E-state index contributed by atoms with van der Waals surface area (Å²) in [4.78, 5) is 11.4. The predicted octanol–water partition coefficient (Wildman–Crippen LogP) is 2.47. The molecule has 1 aliphatic rings. The number of rotatable bonds is 7. The van der Waals surface area contributed by atoms with Gasteiger partial charge in [-0.05, 0) is 11.1 Å². The molecule has 3 rings (SSSR count). The van der Waals surface area contributed by atoms with Gasteiger partial charge in [0.05, 0.1) is 25.3 Å². The highest BCUT2D eigenvalue weighted by atomic mass is 16.5. The average molecular weight is 325 g/mol. The standard InChI is InChI=1S/C19H23N3O2/c23-22-19-17(20-11-15-7-3-1-4-8-15)13-24-14-18(19)21-12-16-9-5-2-6-10-16/h1-10,17-21H,11-14H2/t17-,18?,19+/m1/s1. The Morgan fingerprint density at radius 3 is 1.71 bits per heavy atom. The summed E-state index contributed by atoms with van der Waals surface area (Å²) >= 11 is 0. The van der Waals surface area contributed by atoms with E-state index < -0.39 is 0 Å². The molecule has 0 saturated carbocycles. The van der Waals surface area contributed by atoms with Gasteiger partial charge in [-0.1, -0.05) is 65.8 Å². The van der Waals surface area contributed by atoms with E-state index in [1.807, 2.05) is 36.4 Å². The maximum atomic E-state index is 11.4. The second-order valence-corrected chi connectivity index (χ2v) is 6.08. The highest BCUT2D eigenvalue weighted by Gasteiger charge is 2.34. The summed E-state index contributed by atoms with van der Waals surface area (Å²) in [6.45, 7) is 2.41. The number of hydrogen-bond donors (Lipinski definition) is 2. The lowest BCUT2D eigenvalue weighted by molar-refractivity contribution is 0.0323. The van der Waals surface area contributed by atoms with Gasteiger partial charge in [0.2, 0.25) is 0 Å². The van der Waals surface area contributed by atoms with Crippen molar-refractivity contribution >= 4 is 0 Å². The molecule has 1 saturated heterocycles. The fourth-order valence-electron chi connectivity index (χ4n) is 3.00. The van der Waals surface area contributed by atoms with E-state index in [4.69, 9.17) is 4.74 Å². The molecule has 2 aromatic rings. The number of hydrogen-bond acceptors (Lipinski definition) is 5. The van der Waals surface area contributed by atoms with Crippen LogP contribution in [0.3, 0.4) is 0 Å². The molecule has 1 heterocycles. The van der Waals surface area contributed by atoms with E-state index in [0.29, 0.717) is 26.3 Å². The first-order valence-corrected chi connectivity index (χ1v) is 8.31. The van der Waals surface area contributed by atoms with E-state index in [1.54, 1.807) is 0 Å². The Bertz CT molecular complexity index is 570. The lowest BCUT2D eigenvalue weighted by Crippen LogP contribution is -2.57. The van der Waals surface area contributed by atoms with Crippen molar-refractivity contribution in [2.45, 2.75) is 31.2 Å². The quantitative estimate of drug-likeness (QED) is 0.768. The Morgan fingerprint density at radius 2 is 1.29 bits per heavy atom. The van der Waals surface area contributed by atoms with E-state index in [0.717, 1.165) is 0 Å². The van der Waals surface area contributed by atoms with Gasteiger partial charge in [0.25, 0.3) is 0 Å². The predicted molar refractivity (Wildman–Crippen MR) is 94.5 cm³/mol. The Morgan fingerprint density at radius 1 is 0.833 bits per heavy atom. The Labute approximate surface area is 142 Å². The van der Waals surface area contributed by atoms with Crippen LogP contribution in [0.25, 0.3) is 0 Å². The molecule has 1 aliphatic heterocycles. The zero-order valence-corrected chi connectivity index (χ0v) is 13.6. The van der Waals surface area contributed by atoms with Crippen LogP contribution in [-0.2, 0) is 17.8 Å². The summed E-state index contributed by atoms with van der Waals surface area (Å²) in [6, 6.07) is 19.8. The van der Waals surface area contributed by atoms with E-state index in [2.05, 4.69) is 40.1 Å². The van der Waals surface area contributed by atoms with E-state index in [1.165, 1.54) is 11.1 Å². The Kier molecular flexibility index (Phi) is 6.07. The minimum atomic E-state index is -0.342. The maximum absolute atomic E-state index is 11.4. The molecule has 0 aliphatic carbocycles. The molecule has 2 N–H and O–H groups in total. The van der Waals surface area contributed by atoms with Gasteiger partial charge in [-0.25, -0.2) is 0 Å². The summed E-state index contributed by atoms with van der Waals surface area (Å²) in [5.41, 5.74) is 2.36. The van der Waals surface area contributed by atoms with Gasteiger partial charge in [-0.2, -0.15) is 4.91 Å². The van der Waals surface area contributed by atoms with Gasteiger partial charge in [-0.3, -0.25) is 0 Å². The van der Waals surface area contributed by atoms with Crippen LogP contribution in [0.15, 0.2) is 65.8 Å². The SMILES string of the molecule is O=N[C@@H]1C(NCc2ccccc2)COC[C@H]1NCc1ccccc1. The van der Waals surface area contributed by atoms with Crippen LogP contribution in [0, 0.1) is 4.91 Å². The fourth-order valence-corrected chi connectivity index (χ4v) is 3.00. The Hall–Kier alpha value is -2.08. The number of nitrogens with one attached hydrogen (secondary N) is 2. The van der Waals surface area contributed by atoms with E-state index >= 15 is 0 Å². The van der Waals surface area contributed by atoms with Crippen molar-refractivity contribution in [3.05, 3.63) is 76.7 Å². The topological polar surface area (TPSA) is 62.7 Å². The van der Waals surface area contributed by atoms with Crippen molar-refractivity contribution in [3.63, 3.8) is 0 Å². The van der Waals surface area contributed by atoms with Crippen LogP contribution >= 0.6 is 0 Å². The Balaban J connectivity index is 1.56. The number of ether oxygens (including phenoxy) is 1. The second kappa shape index (κ2) is 8.68. The number of benzene rings is 2. The van der Waals surface area contributed by atoms with Crippen molar-refractivity contribution in [2.24, 2.45) is 5.18 Å². The first-order valence-electron chi connectivity index (χ1n) is 8.31. The summed E-state index contributed by atoms with van der Waals surface area (Å²) in [7, 11) is 0. The van der Waals surface area contributed by atoms with Gasteiger partial charge in [0.15, 0.2) is 0 Å². The molecule has 5 heteroatoms. The van der Waals surface area contributed by atoms with Crippen LogP contribution in [0.2, 0.25) is 0 Å². The van der Waals surface area contributed by atoms with Crippen LogP contribution in [0.4, 0.5) is 0 Å². The van der Waals surface area contributed by atoms with Crippen LogP contribution in [0.1, 0.15) is 11.1 Å². The van der Waals surface area contributed by atoms with Gasteiger partial charge in [-0.15, -0.1) is 0 Å². The second-order valence-electron chi connectivity index (χ2n) is 6.08. The van der Waals surface area contributed by atoms with Crippen molar-refractivity contribution in [1.82, 2.24) is 10.6 Å². The summed E-state index contributed by atoms with van der Waals surface area (Å²) in [5.74, 6) is 0. The summed E-state index contributed by atoms with van der Waals surface area (Å²) in [6.07, 6.45) is 0. The van der Waals surface area contributed by atoms with E-state index in [-0.39, 0.29) is 18.1 Å². The lowest BCUT2D eigenvalue weighted by atomic mass is 9.98. The molecule has 0 radical (unpaired) electrons. The minimum absolute atomic E-state index is 0.0790. The molecule has 1 unspecified atom stereocenters. The van der Waals surface area contributed by atoms with Crippen LogP contribution in [-0.4, -0.2) is 31.3 Å².